The highest BCUT2D eigenvalue weighted by molar-refractivity contribution is 5.89. The van der Waals surface area contributed by atoms with Gasteiger partial charge in [-0.05, 0) is 36.1 Å². The largest absolute Gasteiger partial charge is 0.502 e. The molecule has 2 aliphatic rings. The van der Waals surface area contributed by atoms with Crippen LogP contribution in [0.15, 0.2) is 62.5 Å². The molecular weight excluding hydrogens is 490 g/mol. The molecule has 2 aromatic heterocycles. The maximum Gasteiger partial charge on any atom is 0.337 e. The molecule has 3 aromatic rings. The number of esters is 1. The molecule has 10 heteroatoms. The van der Waals surface area contributed by atoms with Crippen LogP contribution in [-0.4, -0.2) is 46.6 Å². The van der Waals surface area contributed by atoms with Gasteiger partial charge in [0.15, 0.2) is 5.76 Å². The number of benzene rings is 1. The van der Waals surface area contributed by atoms with Crippen molar-refractivity contribution in [1.29, 1.82) is 0 Å². The van der Waals surface area contributed by atoms with Gasteiger partial charge in [0.1, 0.15) is 5.76 Å². The van der Waals surface area contributed by atoms with Crippen molar-refractivity contribution in [2.75, 3.05) is 20.2 Å². The van der Waals surface area contributed by atoms with Gasteiger partial charge in [0.05, 0.1) is 25.1 Å². The number of fused-ring (bicyclic) bond motifs is 4. The first kappa shape index (κ1) is 25.5. The molecule has 38 heavy (non-hydrogen) atoms. The van der Waals surface area contributed by atoms with E-state index in [1.165, 1.54) is 25.3 Å². The Bertz CT molecular complexity index is 1490. The van der Waals surface area contributed by atoms with Crippen LogP contribution in [0.1, 0.15) is 57.8 Å². The van der Waals surface area contributed by atoms with Gasteiger partial charge >= 0.3 is 5.97 Å². The molecule has 0 radical (unpaired) electrons. The number of hydrogen-bond acceptors (Lipinski definition) is 8. The van der Waals surface area contributed by atoms with Crippen molar-refractivity contribution in [1.82, 2.24) is 9.47 Å². The lowest BCUT2D eigenvalue weighted by Crippen LogP contribution is -2.46. The number of primary amides is 1. The number of carbonyl (C=O) groups is 2. The van der Waals surface area contributed by atoms with E-state index in [4.69, 9.17) is 14.9 Å². The van der Waals surface area contributed by atoms with Crippen molar-refractivity contribution in [3.63, 3.8) is 0 Å². The van der Waals surface area contributed by atoms with Crippen LogP contribution >= 0.6 is 0 Å². The van der Waals surface area contributed by atoms with E-state index >= 15 is 0 Å². The van der Waals surface area contributed by atoms with Gasteiger partial charge in [0.2, 0.25) is 17.1 Å². The van der Waals surface area contributed by atoms with E-state index in [9.17, 15) is 24.3 Å². The quantitative estimate of drug-likeness (QED) is 0.451. The van der Waals surface area contributed by atoms with Gasteiger partial charge in [-0.1, -0.05) is 18.2 Å². The molecule has 0 unspecified atom stereocenters. The number of methoxy groups -OCH3 is 1. The molecule has 0 spiro atoms. The van der Waals surface area contributed by atoms with E-state index in [0.29, 0.717) is 42.4 Å². The van der Waals surface area contributed by atoms with Crippen LogP contribution in [0.4, 0.5) is 0 Å². The summed E-state index contributed by atoms with van der Waals surface area (Å²) in [6.45, 7) is 2.41. The molecule has 5 rings (SSSR count). The van der Waals surface area contributed by atoms with Crippen LogP contribution in [0.2, 0.25) is 0 Å². The van der Waals surface area contributed by atoms with Gasteiger partial charge in [0, 0.05) is 49.8 Å². The van der Waals surface area contributed by atoms with Gasteiger partial charge in [-0.3, -0.25) is 19.3 Å². The number of amides is 1. The second-order valence-corrected chi connectivity index (χ2v) is 10.0. The van der Waals surface area contributed by atoms with Crippen molar-refractivity contribution in [2.45, 2.75) is 37.8 Å². The molecule has 1 amide bonds. The van der Waals surface area contributed by atoms with Gasteiger partial charge < -0.3 is 24.6 Å². The number of aromatic nitrogens is 1. The van der Waals surface area contributed by atoms with Crippen LogP contribution in [0.25, 0.3) is 0 Å². The van der Waals surface area contributed by atoms with Crippen molar-refractivity contribution >= 4 is 11.9 Å². The molecule has 1 saturated heterocycles. The van der Waals surface area contributed by atoms with Crippen molar-refractivity contribution in [2.24, 2.45) is 11.7 Å². The van der Waals surface area contributed by atoms with Crippen LogP contribution in [0.5, 0.6) is 5.75 Å². The van der Waals surface area contributed by atoms with Crippen LogP contribution < -0.4 is 16.7 Å². The molecule has 1 fully saturated rings. The second kappa shape index (κ2) is 10.3. The lowest BCUT2D eigenvalue weighted by Gasteiger charge is -2.42. The first-order valence-electron chi connectivity index (χ1n) is 12.5. The fraction of sp³-hybridized carbons (Fsp3) is 0.357. The van der Waals surface area contributed by atoms with Crippen LogP contribution in [0, 0.1) is 5.92 Å². The number of likely N-dealkylation sites (tertiary alicyclic amines) is 1. The molecule has 3 N–H and O–H groups in total. The fourth-order valence-corrected chi connectivity index (χ4v) is 5.75. The minimum Gasteiger partial charge on any atom is -0.502 e. The highest BCUT2D eigenvalue weighted by Gasteiger charge is 2.35. The third-order valence-corrected chi connectivity index (χ3v) is 7.39. The van der Waals surface area contributed by atoms with E-state index in [1.54, 1.807) is 24.3 Å². The molecule has 0 aliphatic carbocycles. The first-order valence-corrected chi connectivity index (χ1v) is 12.5. The predicted octanol–water partition coefficient (Wildman–Crippen LogP) is 1.92. The van der Waals surface area contributed by atoms with E-state index in [1.807, 2.05) is 10.6 Å². The average molecular weight is 520 g/mol. The number of nitrogens with two attached hydrogens (primary N) is 1. The molecule has 3 atom stereocenters. The van der Waals surface area contributed by atoms with E-state index in [2.05, 4.69) is 4.90 Å². The summed E-state index contributed by atoms with van der Waals surface area (Å²) in [5.74, 6) is -1.78. The molecular formula is C28H29N3O7. The lowest BCUT2D eigenvalue weighted by molar-refractivity contribution is -0.118. The Morgan fingerprint density at radius 1 is 1.13 bits per heavy atom. The Labute approximate surface area is 218 Å². The number of rotatable bonds is 7. The van der Waals surface area contributed by atoms with E-state index in [0.717, 1.165) is 18.7 Å². The summed E-state index contributed by atoms with van der Waals surface area (Å²) in [6, 6.07) is 12.9. The summed E-state index contributed by atoms with van der Waals surface area (Å²) in [5, 5.41) is 10.6. The third kappa shape index (κ3) is 4.99. The smallest absolute Gasteiger partial charge is 0.337 e. The summed E-state index contributed by atoms with van der Waals surface area (Å²) in [5.41, 5.74) is 6.77. The van der Waals surface area contributed by atoms with Gasteiger partial charge in [0.25, 0.3) is 5.56 Å². The Kier molecular flexibility index (Phi) is 6.90. The summed E-state index contributed by atoms with van der Waals surface area (Å²) in [4.78, 5) is 51.0. The zero-order valence-corrected chi connectivity index (χ0v) is 21.0. The van der Waals surface area contributed by atoms with Gasteiger partial charge in [-0.25, -0.2) is 4.79 Å². The summed E-state index contributed by atoms with van der Waals surface area (Å²) in [7, 11) is 1.28. The standard InChI is InChI=1S/C28H29N3O7/c1-37-28(36)18-7-5-17(6-8-18)21(11-24(29)33)27-26(35)23(32)10-20(38-27)15-30-12-16-9-19(14-30)22-3-2-4-25(34)31(22)13-16/h2-8,10,16,19,21,35H,9,11-15H2,1H3,(H2,29,33)/t16-,19+,21-/m1/s1. The number of hydrogen-bond donors (Lipinski definition) is 2. The van der Waals surface area contributed by atoms with Gasteiger partial charge in [-0.2, -0.15) is 0 Å². The molecule has 2 bridgehead atoms. The first-order chi connectivity index (χ1) is 18.2. The zero-order valence-electron chi connectivity index (χ0n) is 21.0. The number of carbonyl (C=O) groups excluding carboxylic acids is 2. The Balaban J connectivity index is 1.44. The molecule has 4 heterocycles. The third-order valence-electron chi connectivity index (χ3n) is 7.39. The highest BCUT2D eigenvalue weighted by Crippen LogP contribution is 2.37. The Morgan fingerprint density at radius 2 is 1.89 bits per heavy atom. The van der Waals surface area contributed by atoms with Crippen molar-refractivity contribution < 1.29 is 23.8 Å². The molecule has 1 aromatic carbocycles. The normalized spacial score (nSPS) is 19.4. The van der Waals surface area contributed by atoms with Crippen LogP contribution in [-0.2, 0) is 22.6 Å². The molecule has 10 nitrogen and oxygen atoms in total. The zero-order chi connectivity index (χ0) is 27.0. The number of pyridine rings is 1. The van der Waals surface area contributed by atoms with Crippen molar-refractivity contribution in [3.05, 3.63) is 97.4 Å². The topological polar surface area (TPSA) is 145 Å². The molecule has 0 saturated carbocycles. The van der Waals surface area contributed by atoms with Crippen molar-refractivity contribution in [3.8, 4) is 5.75 Å². The minimum atomic E-state index is -0.827. The number of ether oxygens (including phenoxy) is 1. The summed E-state index contributed by atoms with van der Waals surface area (Å²) in [6.07, 6.45) is 0.782. The van der Waals surface area contributed by atoms with E-state index < -0.39 is 29.0 Å². The van der Waals surface area contributed by atoms with E-state index in [-0.39, 0.29) is 23.7 Å². The Hall–Kier alpha value is -4.18. The van der Waals surface area contributed by atoms with Crippen LogP contribution in [0.3, 0.4) is 0 Å². The fourth-order valence-electron chi connectivity index (χ4n) is 5.75. The highest BCUT2D eigenvalue weighted by atomic mass is 16.5. The minimum absolute atomic E-state index is 0.0138. The molecule has 2 aliphatic heterocycles. The van der Waals surface area contributed by atoms with Gasteiger partial charge in [-0.15, -0.1) is 0 Å². The second-order valence-electron chi connectivity index (χ2n) is 10.0. The monoisotopic (exact) mass is 519 g/mol. The summed E-state index contributed by atoms with van der Waals surface area (Å²) >= 11 is 0. The number of nitrogens with zero attached hydrogens (tertiary/aromatic N) is 2. The maximum absolute atomic E-state index is 12.8. The lowest BCUT2D eigenvalue weighted by atomic mass is 9.83. The number of piperidine rings is 1. The Morgan fingerprint density at radius 3 is 2.61 bits per heavy atom. The predicted molar refractivity (Wildman–Crippen MR) is 137 cm³/mol. The molecule has 198 valence electrons. The summed E-state index contributed by atoms with van der Waals surface area (Å²) < 4.78 is 12.7. The number of aromatic hydroxyl groups is 1. The SMILES string of the molecule is COC(=O)c1ccc([C@@H](CC(N)=O)c2oc(CN3C[C@H]4C[C@@H](C3)c3cccc(=O)n3C4)cc(=O)c2O)cc1. The average Bonchev–Trinajstić information content (AvgIpc) is 2.89. The maximum atomic E-state index is 12.8.